The van der Waals surface area contributed by atoms with E-state index in [1.165, 1.54) is 0 Å². The lowest BCUT2D eigenvalue weighted by Crippen LogP contribution is -2.04. The normalized spacial score (nSPS) is 10.3. The molecule has 0 spiro atoms. The molecule has 0 unspecified atom stereocenters. The Morgan fingerprint density at radius 1 is 1.20 bits per heavy atom. The highest BCUT2D eigenvalue weighted by Gasteiger charge is 2.11. The molecule has 0 saturated carbocycles. The zero-order chi connectivity index (χ0) is 14.4. The molecule has 1 aromatic carbocycles. The maximum atomic E-state index is 6.20. The van der Waals surface area contributed by atoms with Crippen molar-refractivity contribution in [3.05, 3.63) is 52.8 Å². The highest BCUT2D eigenvalue weighted by atomic mass is 35.5. The Morgan fingerprint density at radius 2 is 1.95 bits per heavy atom. The van der Waals surface area contributed by atoms with Crippen LogP contribution in [0, 0.1) is 0 Å². The molecule has 0 amide bonds. The van der Waals surface area contributed by atoms with Gasteiger partial charge in [-0.2, -0.15) is 0 Å². The summed E-state index contributed by atoms with van der Waals surface area (Å²) in [5, 5.41) is 0.513. The molecular formula is C15H17ClN2O2. The molecule has 0 aliphatic carbocycles. The Bertz CT molecular complexity index is 561. The van der Waals surface area contributed by atoms with E-state index in [9.17, 15) is 0 Å². The van der Waals surface area contributed by atoms with E-state index in [-0.39, 0.29) is 0 Å². The van der Waals surface area contributed by atoms with Crippen LogP contribution in [0.25, 0.3) is 0 Å². The fraction of sp³-hybridized carbons (Fsp3) is 0.267. The average Bonchev–Trinajstić information content (AvgIpc) is 2.49. The predicted octanol–water partition coefficient (Wildman–Crippen LogP) is 2.82. The van der Waals surface area contributed by atoms with Crippen LogP contribution in [-0.2, 0) is 13.0 Å². The third-order valence-corrected chi connectivity index (χ3v) is 3.19. The zero-order valence-electron chi connectivity index (χ0n) is 11.3. The number of benzene rings is 1. The van der Waals surface area contributed by atoms with Crippen LogP contribution in [-0.4, -0.2) is 18.7 Å². The molecule has 2 rings (SSSR count). The fourth-order valence-electron chi connectivity index (χ4n) is 1.85. The van der Waals surface area contributed by atoms with Crippen molar-refractivity contribution in [1.29, 1.82) is 0 Å². The van der Waals surface area contributed by atoms with Gasteiger partial charge < -0.3 is 15.2 Å². The van der Waals surface area contributed by atoms with Gasteiger partial charge in [0.25, 0.3) is 0 Å². The van der Waals surface area contributed by atoms with Crippen molar-refractivity contribution in [1.82, 2.24) is 4.98 Å². The number of hydrogen-bond donors (Lipinski definition) is 1. The highest BCUT2D eigenvalue weighted by Crippen LogP contribution is 2.36. The van der Waals surface area contributed by atoms with E-state index in [2.05, 4.69) is 4.98 Å². The number of rotatable bonds is 6. The lowest BCUT2D eigenvalue weighted by Gasteiger charge is -2.13. The van der Waals surface area contributed by atoms with Crippen molar-refractivity contribution >= 4 is 11.6 Å². The van der Waals surface area contributed by atoms with Crippen LogP contribution in [0.15, 0.2) is 36.7 Å². The van der Waals surface area contributed by atoms with Crippen LogP contribution >= 0.6 is 11.6 Å². The van der Waals surface area contributed by atoms with Crippen LogP contribution in [0.5, 0.6) is 11.5 Å². The van der Waals surface area contributed by atoms with Gasteiger partial charge in [0.15, 0.2) is 11.5 Å². The van der Waals surface area contributed by atoms with Gasteiger partial charge in [-0.15, -0.1) is 0 Å². The molecule has 1 aromatic heterocycles. The fourth-order valence-corrected chi connectivity index (χ4v) is 2.14. The number of nitrogens with two attached hydrogens (primary N) is 1. The molecule has 0 bridgehead atoms. The van der Waals surface area contributed by atoms with Gasteiger partial charge in [-0.1, -0.05) is 11.6 Å². The Kier molecular flexibility index (Phi) is 5.21. The predicted molar refractivity (Wildman–Crippen MR) is 79.3 cm³/mol. The molecule has 5 heteroatoms. The maximum absolute atomic E-state index is 6.20. The lowest BCUT2D eigenvalue weighted by molar-refractivity contribution is 0.297. The summed E-state index contributed by atoms with van der Waals surface area (Å²) in [6, 6.07) is 7.55. The van der Waals surface area contributed by atoms with Crippen molar-refractivity contribution in [2.24, 2.45) is 5.73 Å². The summed E-state index contributed by atoms with van der Waals surface area (Å²) in [6.45, 7) is 0.926. The first-order valence-electron chi connectivity index (χ1n) is 6.32. The molecule has 106 valence electrons. The van der Waals surface area contributed by atoms with Crippen LogP contribution in [0.2, 0.25) is 5.02 Å². The van der Waals surface area contributed by atoms with E-state index >= 15 is 0 Å². The largest absolute Gasteiger partial charge is 0.493 e. The number of aromatic nitrogens is 1. The van der Waals surface area contributed by atoms with Crippen LogP contribution in [0.1, 0.15) is 11.1 Å². The quantitative estimate of drug-likeness (QED) is 0.889. The number of ether oxygens (including phenoxy) is 2. The SMILES string of the molecule is COc1cc(CN)cc(Cl)c1OCCc1ccncc1. The van der Waals surface area contributed by atoms with E-state index in [4.69, 9.17) is 26.8 Å². The number of methoxy groups -OCH3 is 1. The Balaban J connectivity index is 2.05. The molecule has 0 fully saturated rings. The molecule has 4 nitrogen and oxygen atoms in total. The Morgan fingerprint density at radius 3 is 2.60 bits per heavy atom. The van der Waals surface area contributed by atoms with E-state index in [0.29, 0.717) is 29.7 Å². The van der Waals surface area contributed by atoms with Crippen molar-refractivity contribution in [2.45, 2.75) is 13.0 Å². The zero-order valence-corrected chi connectivity index (χ0v) is 12.1. The summed E-state index contributed by atoms with van der Waals surface area (Å²) >= 11 is 6.20. The smallest absolute Gasteiger partial charge is 0.179 e. The van der Waals surface area contributed by atoms with Crippen molar-refractivity contribution < 1.29 is 9.47 Å². The molecular weight excluding hydrogens is 276 g/mol. The van der Waals surface area contributed by atoms with Crippen LogP contribution < -0.4 is 15.2 Å². The third kappa shape index (κ3) is 3.62. The summed E-state index contributed by atoms with van der Waals surface area (Å²) < 4.78 is 11.0. The summed E-state index contributed by atoms with van der Waals surface area (Å²) in [5.74, 6) is 1.16. The van der Waals surface area contributed by atoms with Gasteiger partial charge in [-0.05, 0) is 35.4 Å². The number of halogens is 1. The first kappa shape index (κ1) is 14.6. The van der Waals surface area contributed by atoms with Crippen molar-refractivity contribution in [3.63, 3.8) is 0 Å². The van der Waals surface area contributed by atoms with Gasteiger partial charge >= 0.3 is 0 Å². The molecule has 0 saturated heterocycles. The van der Waals surface area contributed by atoms with Gasteiger partial charge in [0.2, 0.25) is 0 Å². The molecule has 0 aliphatic heterocycles. The lowest BCUT2D eigenvalue weighted by atomic mass is 10.2. The molecule has 2 N–H and O–H groups in total. The van der Waals surface area contributed by atoms with Crippen molar-refractivity contribution in [2.75, 3.05) is 13.7 Å². The van der Waals surface area contributed by atoms with Gasteiger partial charge in [0.1, 0.15) is 0 Å². The van der Waals surface area contributed by atoms with Gasteiger partial charge in [0, 0.05) is 25.4 Å². The topological polar surface area (TPSA) is 57.4 Å². The van der Waals surface area contributed by atoms with Gasteiger partial charge in [-0.3, -0.25) is 4.98 Å². The Labute approximate surface area is 123 Å². The summed E-state index contributed by atoms with van der Waals surface area (Å²) in [7, 11) is 1.59. The molecule has 1 heterocycles. The Hall–Kier alpha value is -1.78. The summed E-state index contributed by atoms with van der Waals surface area (Å²) in [4.78, 5) is 3.98. The van der Waals surface area contributed by atoms with Crippen LogP contribution in [0.4, 0.5) is 0 Å². The monoisotopic (exact) mass is 292 g/mol. The second-order valence-corrected chi connectivity index (χ2v) is 4.67. The standard InChI is InChI=1S/C15H17ClN2O2/c1-19-14-9-12(10-17)8-13(16)15(14)20-7-4-11-2-5-18-6-3-11/h2-3,5-6,8-9H,4,7,10,17H2,1H3. The number of hydrogen-bond acceptors (Lipinski definition) is 4. The van der Waals surface area contributed by atoms with E-state index < -0.39 is 0 Å². The minimum absolute atomic E-state index is 0.410. The van der Waals surface area contributed by atoms with E-state index in [1.54, 1.807) is 25.6 Å². The second kappa shape index (κ2) is 7.12. The molecule has 0 atom stereocenters. The third-order valence-electron chi connectivity index (χ3n) is 2.91. The minimum atomic E-state index is 0.410. The van der Waals surface area contributed by atoms with Gasteiger partial charge in [0.05, 0.1) is 18.7 Å². The first-order valence-corrected chi connectivity index (χ1v) is 6.70. The minimum Gasteiger partial charge on any atom is -0.493 e. The molecule has 20 heavy (non-hydrogen) atoms. The first-order chi connectivity index (χ1) is 9.74. The van der Waals surface area contributed by atoms with E-state index in [0.717, 1.165) is 17.5 Å². The highest BCUT2D eigenvalue weighted by molar-refractivity contribution is 6.32. The van der Waals surface area contributed by atoms with Crippen LogP contribution in [0.3, 0.4) is 0 Å². The maximum Gasteiger partial charge on any atom is 0.179 e. The van der Waals surface area contributed by atoms with Crippen molar-refractivity contribution in [3.8, 4) is 11.5 Å². The average molecular weight is 293 g/mol. The second-order valence-electron chi connectivity index (χ2n) is 4.27. The molecule has 0 radical (unpaired) electrons. The van der Waals surface area contributed by atoms with E-state index in [1.807, 2.05) is 18.2 Å². The molecule has 0 aliphatic rings. The summed E-state index contributed by atoms with van der Waals surface area (Å²) in [6.07, 6.45) is 4.30. The molecule has 2 aromatic rings. The summed E-state index contributed by atoms with van der Waals surface area (Å²) in [5.41, 5.74) is 7.68. The van der Waals surface area contributed by atoms with Gasteiger partial charge in [-0.25, -0.2) is 0 Å². The number of nitrogens with zero attached hydrogens (tertiary/aromatic N) is 1. The number of pyridine rings is 1.